The Morgan fingerprint density at radius 3 is 2.50 bits per heavy atom. The fourth-order valence-corrected chi connectivity index (χ4v) is 4.27. The highest BCUT2D eigenvalue weighted by molar-refractivity contribution is 7.91. The predicted octanol–water partition coefficient (Wildman–Crippen LogP) is 5.27. The quantitative estimate of drug-likeness (QED) is 0.322. The van der Waals surface area contributed by atoms with Crippen LogP contribution in [0.4, 0.5) is 0 Å². The van der Waals surface area contributed by atoms with Crippen molar-refractivity contribution in [3.8, 4) is 40.6 Å². The first kappa shape index (κ1) is 23.0. The number of H-pyrrole nitrogens is 1. The summed E-state index contributed by atoms with van der Waals surface area (Å²) in [5.41, 5.74) is 2.17. The molecule has 0 amide bonds. The van der Waals surface area contributed by atoms with Crippen LogP contribution >= 0.6 is 0 Å². The average molecular weight is 498 g/mol. The van der Waals surface area contributed by atoms with Gasteiger partial charge in [-0.25, -0.2) is 18.4 Å². The fourth-order valence-electron chi connectivity index (χ4n) is 3.48. The van der Waals surface area contributed by atoms with Gasteiger partial charge in [-0.05, 0) is 36.4 Å². The molecule has 3 heterocycles. The van der Waals surface area contributed by atoms with Crippen LogP contribution in [0.3, 0.4) is 0 Å². The van der Waals surface area contributed by atoms with E-state index in [9.17, 15) is 13.7 Å². The third-order valence-electron chi connectivity index (χ3n) is 5.30. The number of ether oxygens (including phenoxy) is 2. The van der Waals surface area contributed by atoms with E-state index in [0.717, 1.165) is 0 Å². The summed E-state index contributed by atoms with van der Waals surface area (Å²) in [6.07, 6.45) is 3.03. The Bertz CT molecular complexity index is 1690. The number of nitrogens with one attached hydrogen (secondary N) is 1. The molecule has 0 spiro atoms. The van der Waals surface area contributed by atoms with Crippen molar-refractivity contribution >= 4 is 20.9 Å². The number of hydrogen-bond donors (Lipinski definition) is 1. The maximum atomic E-state index is 12.0. The molecule has 10 heteroatoms. The van der Waals surface area contributed by atoms with Gasteiger partial charge in [0.2, 0.25) is 0 Å². The Balaban J connectivity index is 1.57. The maximum absolute atomic E-state index is 12.0. The summed E-state index contributed by atoms with van der Waals surface area (Å²) in [4.78, 5) is 16.3. The van der Waals surface area contributed by atoms with Gasteiger partial charge >= 0.3 is 0 Å². The molecule has 0 fully saturated rings. The Labute approximate surface area is 206 Å². The molecule has 0 aliphatic carbocycles. The van der Waals surface area contributed by atoms with Gasteiger partial charge < -0.3 is 14.5 Å². The standard InChI is InChI=1S/C26H19N5O4S/c1-2-36(32,33)24-11-10-18(16-29-24)34-19-13-21-25(31-26(30-21)20-8-5-6-12-28-20)23(14-19)35-22-9-4-3-7-17(22)15-27/h3-14,16H,2H2,1H3,(H,30,31). The van der Waals surface area contributed by atoms with Gasteiger partial charge in [0.15, 0.2) is 26.4 Å². The lowest BCUT2D eigenvalue weighted by Gasteiger charge is -2.11. The van der Waals surface area contributed by atoms with Gasteiger partial charge in [0.25, 0.3) is 0 Å². The molecule has 1 N–H and O–H groups in total. The van der Waals surface area contributed by atoms with Gasteiger partial charge in [0.1, 0.15) is 34.5 Å². The second kappa shape index (κ2) is 9.48. The van der Waals surface area contributed by atoms with Crippen molar-refractivity contribution in [3.05, 3.63) is 84.7 Å². The maximum Gasteiger partial charge on any atom is 0.195 e. The number of benzene rings is 2. The lowest BCUT2D eigenvalue weighted by Crippen LogP contribution is -2.05. The number of aromatic amines is 1. The van der Waals surface area contributed by atoms with E-state index in [4.69, 9.17) is 9.47 Å². The third-order valence-corrected chi connectivity index (χ3v) is 6.94. The zero-order valence-corrected chi connectivity index (χ0v) is 19.9. The molecule has 5 rings (SSSR count). The molecule has 0 radical (unpaired) electrons. The molecular weight excluding hydrogens is 478 g/mol. The van der Waals surface area contributed by atoms with Gasteiger partial charge in [-0.3, -0.25) is 4.98 Å². The summed E-state index contributed by atoms with van der Waals surface area (Å²) in [6, 6.07) is 20.8. The van der Waals surface area contributed by atoms with Gasteiger partial charge in [-0.15, -0.1) is 0 Å². The van der Waals surface area contributed by atoms with E-state index in [-0.39, 0.29) is 10.8 Å². The molecule has 0 unspecified atom stereocenters. The zero-order chi connectivity index (χ0) is 25.1. The third kappa shape index (κ3) is 4.60. The molecule has 0 saturated carbocycles. The van der Waals surface area contributed by atoms with Gasteiger partial charge in [-0.1, -0.05) is 25.1 Å². The summed E-state index contributed by atoms with van der Waals surface area (Å²) in [5.74, 6) is 1.98. The number of hydrogen-bond acceptors (Lipinski definition) is 8. The predicted molar refractivity (Wildman–Crippen MR) is 133 cm³/mol. The van der Waals surface area contributed by atoms with E-state index < -0.39 is 9.84 Å². The summed E-state index contributed by atoms with van der Waals surface area (Å²) < 4.78 is 36.2. The number of fused-ring (bicyclic) bond motifs is 1. The summed E-state index contributed by atoms with van der Waals surface area (Å²) in [5, 5.41) is 9.46. The second-order valence-corrected chi connectivity index (χ2v) is 9.89. The zero-order valence-electron chi connectivity index (χ0n) is 19.0. The number of nitrogens with zero attached hydrogens (tertiary/aromatic N) is 4. The van der Waals surface area contributed by atoms with E-state index >= 15 is 0 Å². The van der Waals surface area contributed by atoms with Crippen molar-refractivity contribution in [3.63, 3.8) is 0 Å². The first-order chi connectivity index (χ1) is 17.5. The summed E-state index contributed by atoms with van der Waals surface area (Å²) in [7, 11) is -3.42. The highest BCUT2D eigenvalue weighted by Gasteiger charge is 2.17. The molecule has 36 heavy (non-hydrogen) atoms. The molecule has 0 aliphatic rings. The Hall–Kier alpha value is -4.75. The topological polar surface area (TPSA) is 131 Å². The normalized spacial score (nSPS) is 11.2. The number of para-hydroxylation sites is 1. The lowest BCUT2D eigenvalue weighted by atomic mass is 10.2. The van der Waals surface area contributed by atoms with Crippen molar-refractivity contribution in [1.29, 1.82) is 5.26 Å². The van der Waals surface area contributed by atoms with Crippen LogP contribution in [0.2, 0.25) is 0 Å². The van der Waals surface area contributed by atoms with E-state index in [0.29, 0.717) is 51.1 Å². The molecule has 0 saturated heterocycles. The van der Waals surface area contributed by atoms with Gasteiger partial charge in [-0.2, -0.15) is 5.26 Å². The smallest absolute Gasteiger partial charge is 0.195 e. The number of sulfone groups is 1. The molecule has 2 aromatic carbocycles. The summed E-state index contributed by atoms with van der Waals surface area (Å²) >= 11 is 0. The Kier molecular flexibility index (Phi) is 6.06. The van der Waals surface area contributed by atoms with E-state index in [1.807, 2.05) is 18.2 Å². The molecule has 5 aromatic rings. The average Bonchev–Trinajstić information content (AvgIpc) is 3.34. The minimum atomic E-state index is -3.42. The van der Waals surface area contributed by atoms with Crippen molar-refractivity contribution in [2.75, 3.05) is 5.75 Å². The SMILES string of the molecule is CCS(=O)(=O)c1ccc(Oc2cc(Oc3ccccc3C#N)c3nc(-c4ccccn4)[nH]c3c2)cn1. The van der Waals surface area contributed by atoms with E-state index in [1.165, 1.54) is 18.3 Å². The van der Waals surface area contributed by atoms with Crippen molar-refractivity contribution in [2.45, 2.75) is 11.9 Å². The van der Waals surface area contributed by atoms with Crippen LogP contribution in [0.1, 0.15) is 12.5 Å². The lowest BCUT2D eigenvalue weighted by molar-refractivity contribution is 0.461. The number of rotatable bonds is 7. The van der Waals surface area contributed by atoms with Crippen molar-refractivity contribution in [1.82, 2.24) is 19.9 Å². The minimum Gasteiger partial charge on any atom is -0.456 e. The monoisotopic (exact) mass is 497 g/mol. The summed E-state index contributed by atoms with van der Waals surface area (Å²) in [6.45, 7) is 1.56. The van der Waals surface area contributed by atoms with Crippen molar-refractivity contribution in [2.24, 2.45) is 0 Å². The number of imidazole rings is 1. The van der Waals surface area contributed by atoms with Crippen LogP contribution in [0.15, 0.2) is 84.1 Å². The van der Waals surface area contributed by atoms with Crippen LogP contribution in [0.5, 0.6) is 23.0 Å². The molecular formula is C26H19N5O4S. The molecule has 178 valence electrons. The molecule has 0 atom stereocenters. The first-order valence-electron chi connectivity index (χ1n) is 11.0. The molecule has 9 nitrogen and oxygen atoms in total. The van der Waals surface area contributed by atoms with E-state index in [1.54, 1.807) is 49.5 Å². The number of nitriles is 1. The highest BCUT2D eigenvalue weighted by atomic mass is 32.2. The molecule has 0 bridgehead atoms. The highest BCUT2D eigenvalue weighted by Crippen LogP contribution is 2.37. The fraction of sp³-hybridized carbons (Fsp3) is 0.0769. The van der Waals surface area contributed by atoms with Gasteiger partial charge in [0.05, 0.1) is 23.0 Å². The largest absolute Gasteiger partial charge is 0.456 e. The van der Waals surface area contributed by atoms with E-state index in [2.05, 4.69) is 26.0 Å². The van der Waals surface area contributed by atoms with Crippen molar-refractivity contribution < 1.29 is 17.9 Å². The van der Waals surface area contributed by atoms with Crippen LogP contribution in [-0.4, -0.2) is 34.1 Å². The first-order valence-corrected chi connectivity index (χ1v) is 12.6. The number of pyridine rings is 2. The van der Waals surface area contributed by atoms with Crippen LogP contribution < -0.4 is 9.47 Å². The minimum absolute atomic E-state index is 0.0153. The van der Waals surface area contributed by atoms with Crippen LogP contribution in [-0.2, 0) is 9.84 Å². The van der Waals surface area contributed by atoms with Gasteiger partial charge in [0, 0.05) is 18.3 Å². The molecule has 0 aliphatic heterocycles. The van der Waals surface area contributed by atoms with Crippen LogP contribution in [0.25, 0.3) is 22.6 Å². The molecule has 3 aromatic heterocycles. The Morgan fingerprint density at radius 1 is 0.944 bits per heavy atom. The number of aromatic nitrogens is 4. The Morgan fingerprint density at radius 2 is 1.78 bits per heavy atom. The second-order valence-electron chi connectivity index (χ2n) is 7.67. The van der Waals surface area contributed by atoms with Crippen LogP contribution in [0, 0.1) is 11.3 Å².